The van der Waals surface area contributed by atoms with Gasteiger partial charge in [0.05, 0.1) is 41.3 Å². The lowest BCUT2D eigenvalue weighted by atomic mass is 9.93. The van der Waals surface area contributed by atoms with Crippen molar-refractivity contribution in [2.75, 3.05) is 32.8 Å². The Bertz CT molecular complexity index is 859. The Hall–Kier alpha value is -2.44. The van der Waals surface area contributed by atoms with E-state index in [1.165, 1.54) is 12.1 Å². The van der Waals surface area contributed by atoms with Gasteiger partial charge >= 0.3 is 0 Å². The SMILES string of the molecule is N#CCNC(=O)C1CC(S(=O)(=O)c2ccccc2)CC1C(=O)N1CCOCC1. The summed E-state index contributed by atoms with van der Waals surface area (Å²) in [7, 11) is -3.66. The molecule has 1 N–H and O–H groups in total. The van der Waals surface area contributed by atoms with Gasteiger partial charge < -0.3 is 15.0 Å². The molecule has 0 bridgehead atoms. The minimum Gasteiger partial charge on any atom is -0.378 e. The number of nitriles is 1. The molecule has 1 aromatic carbocycles. The monoisotopic (exact) mass is 405 g/mol. The maximum atomic E-state index is 13.0. The third-order valence-corrected chi connectivity index (χ3v) is 7.54. The first-order chi connectivity index (χ1) is 13.4. The summed E-state index contributed by atoms with van der Waals surface area (Å²) in [6.45, 7) is 1.53. The number of sulfone groups is 1. The smallest absolute Gasteiger partial charge is 0.226 e. The number of ether oxygens (including phenoxy) is 1. The van der Waals surface area contributed by atoms with Crippen molar-refractivity contribution in [2.45, 2.75) is 23.0 Å². The zero-order valence-corrected chi connectivity index (χ0v) is 16.2. The van der Waals surface area contributed by atoms with Crippen molar-refractivity contribution in [1.29, 1.82) is 5.26 Å². The summed E-state index contributed by atoms with van der Waals surface area (Å²) < 4.78 is 31.3. The molecular weight excluding hydrogens is 382 g/mol. The van der Waals surface area contributed by atoms with E-state index in [1.807, 2.05) is 6.07 Å². The quantitative estimate of drug-likeness (QED) is 0.707. The fourth-order valence-electron chi connectivity index (χ4n) is 3.89. The second-order valence-electron chi connectivity index (χ2n) is 6.98. The number of rotatable bonds is 5. The second-order valence-corrected chi connectivity index (χ2v) is 9.21. The molecule has 28 heavy (non-hydrogen) atoms. The normalized spacial score (nSPS) is 25.1. The standard InChI is InChI=1S/C19H23N3O5S/c20-6-7-21-18(23)16-12-15(28(25,26)14-4-2-1-3-5-14)13-17(16)19(24)22-8-10-27-11-9-22/h1-5,15-17H,7-13H2,(H,21,23). The van der Waals surface area contributed by atoms with Crippen LogP contribution in [0.25, 0.3) is 0 Å². The maximum Gasteiger partial charge on any atom is 0.226 e. The molecule has 1 aromatic rings. The Morgan fingerprint density at radius 2 is 1.79 bits per heavy atom. The Labute approximate surface area is 164 Å². The van der Waals surface area contributed by atoms with Gasteiger partial charge in [0.2, 0.25) is 11.8 Å². The highest BCUT2D eigenvalue weighted by atomic mass is 32.2. The largest absolute Gasteiger partial charge is 0.378 e. The molecule has 3 atom stereocenters. The van der Waals surface area contributed by atoms with Gasteiger partial charge in [-0.1, -0.05) is 18.2 Å². The minimum absolute atomic E-state index is 0.0647. The molecule has 1 saturated carbocycles. The van der Waals surface area contributed by atoms with E-state index in [9.17, 15) is 18.0 Å². The van der Waals surface area contributed by atoms with E-state index in [0.29, 0.717) is 26.3 Å². The van der Waals surface area contributed by atoms with E-state index >= 15 is 0 Å². The van der Waals surface area contributed by atoms with Crippen molar-refractivity contribution >= 4 is 21.7 Å². The number of hydrogen-bond acceptors (Lipinski definition) is 6. The van der Waals surface area contributed by atoms with Gasteiger partial charge in [0.15, 0.2) is 9.84 Å². The lowest BCUT2D eigenvalue weighted by molar-refractivity contribution is -0.144. The Kier molecular flexibility index (Phi) is 6.31. The van der Waals surface area contributed by atoms with Crippen LogP contribution in [0.3, 0.4) is 0 Å². The van der Waals surface area contributed by atoms with Crippen LogP contribution in [0.15, 0.2) is 35.2 Å². The first kappa shape index (κ1) is 20.3. The van der Waals surface area contributed by atoms with Crippen molar-refractivity contribution in [3.05, 3.63) is 30.3 Å². The maximum absolute atomic E-state index is 13.0. The van der Waals surface area contributed by atoms with Crippen molar-refractivity contribution in [3.8, 4) is 6.07 Å². The van der Waals surface area contributed by atoms with Gasteiger partial charge in [0, 0.05) is 13.1 Å². The molecule has 2 aliphatic rings. The Morgan fingerprint density at radius 1 is 1.14 bits per heavy atom. The molecular formula is C19H23N3O5S. The number of nitrogens with one attached hydrogen (secondary N) is 1. The fraction of sp³-hybridized carbons (Fsp3) is 0.526. The van der Waals surface area contributed by atoms with Crippen LogP contribution >= 0.6 is 0 Å². The first-order valence-corrected chi connectivity index (χ1v) is 10.8. The lowest BCUT2D eigenvalue weighted by Crippen LogP contribution is -2.46. The van der Waals surface area contributed by atoms with Gasteiger partial charge in [0.1, 0.15) is 6.54 Å². The van der Waals surface area contributed by atoms with Crippen molar-refractivity contribution in [3.63, 3.8) is 0 Å². The van der Waals surface area contributed by atoms with Gasteiger partial charge in [0.25, 0.3) is 0 Å². The van der Waals surface area contributed by atoms with Crippen LogP contribution in [0.1, 0.15) is 12.8 Å². The summed E-state index contributed by atoms with van der Waals surface area (Å²) in [5.41, 5.74) is 0. The van der Waals surface area contributed by atoms with Crippen LogP contribution in [0, 0.1) is 23.2 Å². The average molecular weight is 405 g/mol. The molecule has 3 rings (SSSR count). The molecule has 1 heterocycles. The van der Waals surface area contributed by atoms with Crippen LogP contribution in [-0.2, 0) is 24.2 Å². The summed E-state index contributed by atoms with van der Waals surface area (Å²) in [6, 6.07) is 9.91. The highest BCUT2D eigenvalue weighted by molar-refractivity contribution is 7.92. The minimum atomic E-state index is -3.66. The second kappa shape index (κ2) is 8.71. The number of hydrogen-bond donors (Lipinski definition) is 1. The molecule has 1 saturated heterocycles. The van der Waals surface area contributed by atoms with Crippen LogP contribution < -0.4 is 5.32 Å². The summed E-state index contributed by atoms with van der Waals surface area (Å²) in [4.78, 5) is 27.4. The predicted molar refractivity (Wildman–Crippen MR) is 99.7 cm³/mol. The highest BCUT2D eigenvalue weighted by Crippen LogP contribution is 2.39. The molecule has 150 valence electrons. The first-order valence-electron chi connectivity index (χ1n) is 9.25. The third-order valence-electron chi connectivity index (χ3n) is 5.35. The molecule has 0 spiro atoms. The molecule has 9 heteroatoms. The van der Waals surface area contributed by atoms with E-state index in [4.69, 9.17) is 10.00 Å². The van der Waals surface area contributed by atoms with E-state index in [2.05, 4.69) is 5.32 Å². The van der Waals surface area contributed by atoms with Gasteiger partial charge in [-0.2, -0.15) is 5.26 Å². The molecule has 1 aliphatic carbocycles. The van der Waals surface area contributed by atoms with E-state index in [1.54, 1.807) is 23.1 Å². The lowest BCUT2D eigenvalue weighted by Gasteiger charge is -2.30. The predicted octanol–water partition coefficient (Wildman–Crippen LogP) is 0.354. The average Bonchev–Trinajstić information content (AvgIpc) is 3.19. The summed E-state index contributed by atoms with van der Waals surface area (Å²) >= 11 is 0. The molecule has 3 unspecified atom stereocenters. The van der Waals surface area contributed by atoms with Crippen LogP contribution in [0.5, 0.6) is 0 Å². The topological polar surface area (TPSA) is 117 Å². The molecule has 2 fully saturated rings. The van der Waals surface area contributed by atoms with Crippen LogP contribution in [-0.4, -0.2) is 63.2 Å². The van der Waals surface area contributed by atoms with Gasteiger partial charge in [-0.25, -0.2) is 8.42 Å². The van der Waals surface area contributed by atoms with E-state index in [-0.39, 0.29) is 30.2 Å². The Morgan fingerprint density at radius 3 is 2.43 bits per heavy atom. The van der Waals surface area contributed by atoms with Crippen molar-refractivity contribution < 1.29 is 22.7 Å². The number of benzene rings is 1. The van der Waals surface area contributed by atoms with Crippen molar-refractivity contribution in [2.24, 2.45) is 11.8 Å². The number of carbonyl (C=O) groups is 2. The Balaban J connectivity index is 1.84. The van der Waals surface area contributed by atoms with Gasteiger partial charge in [-0.3, -0.25) is 9.59 Å². The summed E-state index contributed by atoms with van der Waals surface area (Å²) in [5, 5.41) is 10.4. The van der Waals surface area contributed by atoms with Crippen LogP contribution in [0.4, 0.5) is 0 Å². The highest BCUT2D eigenvalue weighted by Gasteiger charge is 2.48. The summed E-state index contributed by atoms with van der Waals surface area (Å²) in [5.74, 6) is -2.16. The van der Waals surface area contributed by atoms with Gasteiger partial charge in [-0.05, 0) is 25.0 Å². The van der Waals surface area contributed by atoms with Crippen LogP contribution in [0.2, 0.25) is 0 Å². The van der Waals surface area contributed by atoms with Gasteiger partial charge in [-0.15, -0.1) is 0 Å². The fourth-order valence-corrected chi connectivity index (χ4v) is 5.73. The third kappa shape index (κ3) is 4.18. The number of carbonyl (C=O) groups excluding carboxylic acids is 2. The van der Waals surface area contributed by atoms with E-state index < -0.39 is 32.8 Å². The molecule has 1 aliphatic heterocycles. The number of morpholine rings is 1. The zero-order valence-electron chi connectivity index (χ0n) is 15.4. The molecule has 8 nitrogen and oxygen atoms in total. The zero-order chi connectivity index (χ0) is 20.1. The van der Waals surface area contributed by atoms with Crippen molar-refractivity contribution in [1.82, 2.24) is 10.2 Å². The number of nitrogens with zero attached hydrogens (tertiary/aromatic N) is 2. The van der Waals surface area contributed by atoms with E-state index in [0.717, 1.165) is 0 Å². The number of amides is 2. The molecule has 0 aromatic heterocycles. The summed E-state index contributed by atoms with van der Waals surface area (Å²) in [6.07, 6.45) is 0.160. The molecule has 2 amide bonds. The molecule has 0 radical (unpaired) electrons.